The van der Waals surface area contributed by atoms with Crippen LogP contribution in [0.3, 0.4) is 0 Å². The molecule has 0 unspecified atom stereocenters. The van der Waals surface area contributed by atoms with Crippen LogP contribution in [0.5, 0.6) is 0 Å². The molecule has 26 heavy (non-hydrogen) atoms. The van der Waals surface area contributed by atoms with Crippen molar-refractivity contribution in [1.29, 1.82) is 0 Å². The summed E-state index contributed by atoms with van der Waals surface area (Å²) in [6, 6.07) is 12.4. The second-order valence-electron chi connectivity index (χ2n) is 6.25. The summed E-state index contributed by atoms with van der Waals surface area (Å²) in [5.41, 5.74) is 5.49. The van der Waals surface area contributed by atoms with E-state index >= 15 is 0 Å². The smallest absolute Gasteiger partial charge is 0.205 e. The van der Waals surface area contributed by atoms with Crippen LogP contribution in [-0.2, 0) is 6.54 Å². The molecule has 8 heteroatoms. The summed E-state index contributed by atoms with van der Waals surface area (Å²) >= 11 is 1.62. The normalized spacial score (nSPS) is 11.6. The van der Waals surface area contributed by atoms with Crippen molar-refractivity contribution in [3.8, 4) is 10.7 Å². The van der Waals surface area contributed by atoms with Gasteiger partial charge in [0.1, 0.15) is 11.0 Å². The number of fused-ring (bicyclic) bond motifs is 3. The van der Waals surface area contributed by atoms with Crippen molar-refractivity contribution >= 4 is 28.0 Å². The average Bonchev–Trinajstić information content (AvgIpc) is 3.36. The van der Waals surface area contributed by atoms with E-state index in [9.17, 15) is 0 Å². The molecule has 0 amide bonds. The summed E-state index contributed by atoms with van der Waals surface area (Å²) in [6.07, 6.45) is 0. The Morgan fingerprint density at radius 1 is 1.00 bits per heavy atom. The number of aromatic nitrogens is 7. The average molecular weight is 361 g/mol. The highest BCUT2D eigenvalue weighted by molar-refractivity contribution is 7.13. The highest BCUT2D eigenvalue weighted by Gasteiger charge is 2.19. The number of aryl methyl sites for hydroxylation is 2. The van der Waals surface area contributed by atoms with Gasteiger partial charge in [-0.1, -0.05) is 41.1 Å². The van der Waals surface area contributed by atoms with Gasteiger partial charge in [-0.2, -0.15) is 9.61 Å². The monoisotopic (exact) mass is 361 g/mol. The van der Waals surface area contributed by atoms with Crippen LogP contribution < -0.4 is 0 Å². The third kappa shape index (κ3) is 2.30. The van der Waals surface area contributed by atoms with E-state index in [0.29, 0.717) is 12.2 Å². The highest BCUT2D eigenvalue weighted by Crippen LogP contribution is 2.26. The third-order valence-electron chi connectivity index (χ3n) is 4.37. The van der Waals surface area contributed by atoms with Crippen molar-refractivity contribution in [2.24, 2.45) is 0 Å². The van der Waals surface area contributed by atoms with E-state index in [4.69, 9.17) is 0 Å². The second-order valence-corrected chi connectivity index (χ2v) is 7.20. The second kappa shape index (κ2) is 5.70. The molecule has 128 valence electrons. The zero-order chi connectivity index (χ0) is 17.7. The zero-order valence-corrected chi connectivity index (χ0v) is 15.1. The SMILES string of the molecule is Cc1ccc(Cn2nnc3c(C)nn4c(-c5cccs5)nnc4c32)cc1. The van der Waals surface area contributed by atoms with Gasteiger partial charge < -0.3 is 0 Å². The van der Waals surface area contributed by atoms with Gasteiger partial charge in [-0.15, -0.1) is 26.6 Å². The largest absolute Gasteiger partial charge is 0.236 e. The summed E-state index contributed by atoms with van der Waals surface area (Å²) in [5.74, 6) is 0.739. The fraction of sp³-hybridized carbons (Fsp3) is 0.167. The number of nitrogens with zero attached hydrogens (tertiary/aromatic N) is 7. The molecule has 0 aliphatic carbocycles. The topological polar surface area (TPSA) is 73.8 Å². The molecule has 4 aromatic heterocycles. The molecule has 0 radical (unpaired) electrons. The van der Waals surface area contributed by atoms with Crippen LogP contribution in [0.1, 0.15) is 16.8 Å². The number of thiophene rings is 1. The molecular formula is C18H15N7S. The quantitative estimate of drug-likeness (QED) is 0.493. The molecule has 0 atom stereocenters. The van der Waals surface area contributed by atoms with Crippen molar-refractivity contribution in [2.45, 2.75) is 20.4 Å². The van der Waals surface area contributed by atoms with Crippen LogP contribution in [0, 0.1) is 13.8 Å². The Hall–Kier alpha value is -3.13. The Balaban J connectivity index is 1.72. The van der Waals surface area contributed by atoms with Crippen molar-refractivity contribution in [3.05, 3.63) is 58.6 Å². The lowest BCUT2D eigenvalue weighted by atomic mass is 10.1. The van der Waals surface area contributed by atoms with Crippen LogP contribution in [0.15, 0.2) is 41.8 Å². The standard InChI is InChI=1S/C18H15N7S/c1-11-5-7-13(8-6-11)10-24-16-15(19-23-24)12(2)22-25-17(20-21-18(16)25)14-4-3-9-26-14/h3-9H,10H2,1-2H3. The predicted octanol–water partition coefficient (Wildman–Crippen LogP) is 3.26. The summed E-state index contributed by atoms with van der Waals surface area (Å²) in [4.78, 5) is 1.03. The van der Waals surface area contributed by atoms with Gasteiger partial charge in [-0.25, -0.2) is 4.68 Å². The Morgan fingerprint density at radius 2 is 1.85 bits per heavy atom. The molecule has 4 heterocycles. The molecule has 0 fully saturated rings. The van der Waals surface area contributed by atoms with Crippen molar-refractivity contribution in [3.63, 3.8) is 0 Å². The minimum Gasteiger partial charge on any atom is -0.236 e. The van der Waals surface area contributed by atoms with Crippen LogP contribution >= 0.6 is 11.3 Å². The van der Waals surface area contributed by atoms with E-state index in [1.807, 2.05) is 29.1 Å². The predicted molar refractivity (Wildman–Crippen MR) is 100 cm³/mol. The summed E-state index contributed by atoms with van der Waals surface area (Å²) in [7, 11) is 0. The van der Waals surface area contributed by atoms with E-state index in [1.165, 1.54) is 5.56 Å². The summed E-state index contributed by atoms with van der Waals surface area (Å²) < 4.78 is 3.66. The van der Waals surface area contributed by atoms with E-state index in [1.54, 1.807) is 15.9 Å². The first kappa shape index (κ1) is 15.2. The maximum absolute atomic E-state index is 4.63. The van der Waals surface area contributed by atoms with Gasteiger partial charge in [0.2, 0.25) is 5.65 Å². The van der Waals surface area contributed by atoms with Crippen molar-refractivity contribution in [2.75, 3.05) is 0 Å². The lowest BCUT2D eigenvalue weighted by Crippen LogP contribution is -2.05. The van der Waals surface area contributed by atoms with E-state index in [0.717, 1.165) is 33.0 Å². The van der Waals surface area contributed by atoms with E-state index in [-0.39, 0.29) is 0 Å². The molecule has 0 aliphatic heterocycles. The number of hydrogen-bond donors (Lipinski definition) is 0. The Labute approximate surface area is 152 Å². The summed E-state index contributed by atoms with van der Waals surface area (Å²) in [5, 5.41) is 24.1. The molecule has 1 aromatic carbocycles. The number of benzene rings is 1. The fourth-order valence-electron chi connectivity index (χ4n) is 3.03. The molecular weight excluding hydrogens is 346 g/mol. The Bertz CT molecular complexity index is 1220. The molecule has 0 spiro atoms. The van der Waals surface area contributed by atoms with Crippen molar-refractivity contribution < 1.29 is 0 Å². The zero-order valence-electron chi connectivity index (χ0n) is 14.3. The first-order chi connectivity index (χ1) is 12.7. The molecule has 0 bridgehead atoms. The molecule has 5 aromatic rings. The first-order valence-corrected chi connectivity index (χ1v) is 9.13. The van der Waals surface area contributed by atoms with E-state index in [2.05, 4.69) is 56.8 Å². The molecule has 0 saturated heterocycles. The lowest BCUT2D eigenvalue weighted by molar-refractivity contribution is 0.670. The molecule has 0 aliphatic rings. The molecule has 5 rings (SSSR count). The van der Waals surface area contributed by atoms with Gasteiger partial charge in [-0.05, 0) is 30.9 Å². The third-order valence-corrected chi connectivity index (χ3v) is 5.24. The first-order valence-electron chi connectivity index (χ1n) is 8.25. The van der Waals surface area contributed by atoms with Gasteiger partial charge in [-0.3, -0.25) is 0 Å². The van der Waals surface area contributed by atoms with Gasteiger partial charge >= 0.3 is 0 Å². The van der Waals surface area contributed by atoms with Crippen molar-refractivity contribution in [1.82, 2.24) is 34.8 Å². The lowest BCUT2D eigenvalue weighted by Gasteiger charge is -2.05. The van der Waals surface area contributed by atoms with Gasteiger partial charge in [0.05, 0.1) is 17.1 Å². The molecule has 7 nitrogen and oxygen atoms in total. The Kier molecular flexibility index (Phi) is 3.32. The van der Waals surface area contributed by atoms with Crippen LogP contribution in [0.4, 0.5) is 0 Å². The van der Waals surface area contributed by atoms with Gasteiger partial charge in [0.15, 0.2) is 5.82 Å². The van der Waals surface area contributed by atoms with Crippen LogP contribution in [0.25, 0.3) is 27.4 Å². The Morgan fingerprint density at radius 3 is 2.62 bits per heavy atom. The minimum atomic E-state index is 0.622. The minimum absolute atomic E-state index is 0.622. The van der Waals surface area contributed by atoms with Crippen LogP contribution in [0.2, 0.25) is 0 Å². The van der Waals surface area contributed by atoms with Gasteiger partial charge in [0, 0.05) is 0 Å². The number of hydrogen-bond acceptors (Lipinski definition) is 6. The van der Waals surface area contributed by atoms with Crippen LogP contribution in [-0.4, -0.2) is 34.8 Å². The van der Waals surface area contributed by atoms with E-state index < -0.39 is 0 Å². The maximum atomic E-state index is 4.63. The molecule has 0 saturated carbocycles. The highest BCUT2D eigenvalue weighted by atomic mass is 32.1. The molecule has 0 N–H and O–H groups in total. The fourth-order valence-corrected chi connectivity index (χ4v) is 3.73. The van der Waals surface area contributed by atoms with Gasteiger partial charge in [0.25, 0.3) is 0 Å². The number of rotatable bonds is 3. The maximum Gasteiger partial charge on any atom is 0.205 e. The summed E-state index contributed by atoms with van der Waals surface area (Å²) in [6.45, 7) is 4.64.